The molecule has 1 heterocycles. The zero-order chi connectivity index (χ0) is 19.9. The second-order valence-corrected chi connectivity index (χ2v) is 7.56. The van der Waals surface area contributed by atoms with Crippen LogP contribution >= 0.6 is 15.9 Å². The van der Waals surface area contributed by atoms with Gasteiger partial charge in [-0.1, -0.05) is 34.1 Å². The number of para-hydroxylation sites is 1. The molecule has 0 aromatic heterocycles. The van der Waals surface area contributed by atoms with Crippen LogP contribution < -0.4 is 10.1 Å². The lowest BCUT2D eigenvalue weighted by Gasteiger charge is -2.31. The van der Waals surface area contributed by atoms with Crippen LogP contribution in [0.4, 0.5) is 4.39 Å². The molecule has 1 aliphatic rings. The van der Waals surface area contributed by atoms with Gasteiger partial charge in [0.05, 0.1) is 0 Å². The van der Waals surface area contributed by atoms with Crippen LogP contribution in [-0.2, 0) is 16.1 Å². The van der Waals surface area contributed by atoms with Crippen LogP contribution in [0.3, 0.4) is 0 Å². The third-order valence-electron chi connectivity index (χ3n) is 4.78. The van der Waals surface area contributed by atoms with Gasteiger partial charge in [0.2, 0.25) is 5.91 Å². The summed E-state index contributed by atoms with van der Waals surface area (Å²) in [7, 11) is 0. The van der Waals surface area contributed by atoms with Crippen molar-refractivity contribution in [3.8, 4) is 5.75 Å². The molecule has 28 heavy (non-hydrogen) atoms. The summed E-state index contributed by atoms with van der Waals surface area (Å²) in [6.45, 7) is 1.31. The SMILES string of the molecule is O=C(NCc1cc(F)ccc1Br)C1CCN(C(=O)COc2ccccc2)CC1. The summed E-state index contributed by atoms with van der Waals surface area (Å²) < 4.78 is 19.6. The van der Waals surface area contributed by atoms with E-state index in [0.29, 0.717) is 37.2 Å². The molecule has 148 valence electrons. The molecule has 2 aromatic carbocycles. The number of benzene rings is 2. The molecule has 1 fully saturated rings. The molecular weight excluding hydrogens is 427 g/mol. The average Bonchev–Trinajstić information content (AvgIpc) is 2.73. The minimum Gasteiger partial charge on any atom is -0.484 e. The summed E-state index contributed by atoms with van der Waals surface area (Å²) in [4.78, 5) is 26.4. The van der Waals surface area contributed by atoms with E-state index in [9.17, 15) is 14.0 Å². The van der Waals surface area contributed by atoms with Crippen molar-refractivity contribution in [3.05, 3.63) is 64.4 Å². The van der Waals surface area contributed by atoms with E-state index in [1.165, 1.54) is 12.1 Å². The van der Waals surface area contributed by atoms with E-state index in [1.807, 2.05) is 18.2 Å². The molecule has 0 saturated carbocycles. The van der Waals surface area contributed by atoms with Gasteiger partial charge in [-0.25, -0.2) is 4.39 Å². The predicted octanol–water partition coefficient (Wildman–Crippen LogP) is 3.52. The van der Waals surface area contributed by atoms with E-state index in [0.717, 1.165) is 4.47 Å². The van der Waals surface area contributed by atoms with Gasteiger partial charge in [-0.2, -0.15) is 0 Å². The number of halogens is 2. The van der Waals surface area contributed by atoms with E-state index < -0.39 is 0 Å². The molecule has 1 saturated heterocycles. The maximum Gasteiger partial charge on any atom is 0.260 e. The van der Waals surface area contributed by atoms with Crippen molar-refractivity contribution < 1.29 is 18.7 Å². The highest BCUT2D eigenvalue weighted by atomic mass is 79.9. The fraction of sp³-hybridized carbons (Fsp3) is 0.333. The molecule has 1 N–H and O–H groups in total. The number of carbonyl (C=O) groups is 2. The third-order valence-corrected chi connectivity index (χ3v) is 5.56. The van der Waals surface area contributed by atoms with Crippen molar-refractivity contribution in [1.82, 2.24) is 10.2 Å². The molecule has 0 radical (unpaired) electrons. The molecule has 3 rings (SSSR count). The highest BCUT2D eigenvalue weighted by Crippen LogP contribution is 2.20. The van der Waals surface area contributed by atoms with Gasteiger partial charge in [0, 0.05) is 30.0 Å². The Morgan fingerprint density at radius 3 is 2.57 bits per heavy atom. The first-order chi connectivity index (χ1) is 13.5. The first kappa shape index (κ1) is 20.3. The molecule has 2 aromatic rings. The number of piperidine rings is 1. The summed E-state index contributed by atoms with van der Waals surface area (Å²) in [6, 6.07) is 13.6. The Morgan fingerprint density at radius 2 is 1.86 bits per heavy atom. The number of hydrogen-bond donors (Lipinski definition) is 1. The highest BCUT2D eigenvalue weighted by molar-refractivity contribution is 9.10. The van der Waals surface area contributed by atoms with Crippen molar-refractivity contribution in [3.63, 3.8) is 0 Å². The zero-order valence-corrected chi connectivity index (χ0v) is 17.0. The maximum absolute atomic E-state index is 13.3. The summed E-state index contributed by atoms with van der Waals surface area (Å²) in [5.41, 5.74) is 0.694. The molecule has 0 spiro atoms. The lowest BCUT2D eigenvalue weighted by atomic mass is 9.96. The van der Waals surface area contributed by atoms with Crippen LogP contribution in [0.5, 0.6) is 5.75 Å². The largest absolute Gasteiger partial charge is 0.484 e. The van der Waals surface area contributed by atoms with Gasteiger partial charge in [0.1, 0.15) is 11.6 Å². The lowest BCUT2D eigenvalue weighted by Crippen LogP contribution is -2.44. The Hall–Kier alpha value is -2.41. The number of ether oxygens (including phenoxy) is 1. The van der Waals surface area contributed by atoms with Crippen LogP contribution in [0, 0.1) is 11.7 Å². The van der Waals surface area contributed by atoms with E-state index in [-0.39, 0.29) is 36.7 Å². The highest BCUT2D eigenvalue weighted by Gasteiger charge is 2.27. The fourth-order valence-electron chi connectivity index (χ4n) is 3.15. The Morgan fingerprint density at radius 1 is 1.14 bits per heavy atom. The van der Waals surface area contributed by atoms with E-state index >= 15 is 0 Å². The van der Waals surface area contributed by atoms with Crippen LogP contribution in [0.1, 0.15) is 18.4 Å². The van der Waals surface area contributed by atoms with Gasteiger partial charge in [-0.05, 0) is 48.7 Å². The Labute approximate surface area is 172 Å². The Kier molecular flexibility index (Phi) is 7.03. The fourth-order valence-corrected chi connectivity index (χ4v) is 3.54. The molecule has 2 amide bonds. The van der Waals surface area contributed by atoms with Crippen molar-refractivity contribution in [2.75, 3.05) is 19.7 Å². The molecule has 0 bridgehead atoms. The quantitative estimate of drug-likeness (QED) is 0.735. The minimum atomic E-state index is -0.336. The smallest absolute Gasteiger partial charge is 0.260 e. The number of likely N-dealkylation sites (tertiary alicyclic amines) is 1. The third kappa shape index (κ3) is 5.55. The van der Waals surface area contributed by atoms with Crippen LogP contribution in [0.25, 0.3) is 0 Å². The van der Waals surface area contributed by atoms with E-state index in [1.54, 1.807) is 23.1 Å². The van der Waals surface area contributed by atoms with Gasteiger partial charge < -0.3 is 15.0 Å². The maximum atomic E-state index is 13.3. The summed E-state index contributed by atoms with van der Waals surface area (Å²) in [6.07, 6.45) is 1.21. The van der Waals surface area contributed by atoms with Gasteiger partial charge in [-0.15, -0.1) is 0 Å². The van der Waals surface area contributed by atoms with Crippen molar-refractivity contribution in [1.29, 1.82) is 0 Å². The van der Waals surface area contributed by atoms with E-state index in [4.69, 9.17) is 4.74 Å². The number of nitrogens with zero attached hydrogens (tertiary/aromatic N) is 1. The molecule has 0 unspecified atom stereocenters. The standard InChI is InChI=1S/C21H22BrFN2O3/c22-19-7-6-17(23)12-16(19)13-24-21(27)15-8-10-25(11-9-15)20(26)14-28-18-4-2-1-3-5-18/h1-7,12,15H,8-11,13-14H2,(H,24,27). The van der Waals surface area contributed by atoms with Crippen LogP contribution in [0.15, 0.2) is 53.0 Å². The number of nitrogens with one attached hydrogen (secondary N) is 1. The molecule has 0 aliphatic carbocycles. The molecule has 7 heteroatoms. The molecular formula is C21H22BrFN2O3. The van der Waals surface area contributed by atoms with Crippen molar-refractivity contribution in [2.24, 2.45) is 5.92 Å². The second-order valence-electron chi connectivity index (χ2n) is 6.71. The van der Waals surface area contributed by atoms with Crippen LogP contribution in [-0.4, -0.2) is 36.4 Å². The monoisotopic (exact) mass is 448 g/mol. The van der Waals surface area contributed by atoms with Crippen LogP contribution in [0.2, 0.25) is 0 Å². The first-order valence-electron chi connectivity index (χ1n) is 9.20. The normalized spacial score (nSPS) is 14.6. The summed E-state index contributed by atoms with van der Waals surface area (Å²) in [5, 5.41) is 2.86. The minimum absolute atomic E-state index is 0.00548. The van der Waals surface area contributed by atoms with E-state index in [2.05, 4.69) is 21.2 Å². The molecule has 5 nitrogen and oxygen atoms in total. The number of hydrogen-bond acceptors (Lipinski definition) is 3. The Balaban J connectivity index is 1.42. The molecule has 0 atom stereocenters. The second kappa shape index (κ2) is 9.68. The topological polar surface area (TPSA) is 58.6 Å². The van der Waals surface area contributed by atoms with Gasteiger partial charge >= 0.3 is 0 Å². The lowest BCUT2D eigenvalue weighted by molar-refractivity contribution is -0.137. The Bertz CT molecular complexity index is 824. The average molecular weight is 449 g/mol. The number of rotatable bonds is 6. The summed E-state index contributed by atoms with van der Waals surface area (Å²) in [5.74, 6) is 0.0345. The summed E-state index contributed by atoms with van der Waals surface area (Å²) >= 11 is 3.36. The van der Waals surface area contributed by atoms with Crippen molar-refractivity contribution in [2.45, 2.75) is 19.4 Å². The number of carbonyl (C=O) groups excluding carboxylic acids is 2. The zero-order valence-electron chi connectivity index (χ0n) is 15.4. The van der Waals surface area contributed by atoms with Gasteiger partial charge in [-0.3, -0.25) is 9.59 Å². The number of amides is 2. The molecule has 1 aliphatic heterocycles. The van der Waals surface area contributed by atoms with Crippen molar-refractivity contribution >= 4 is 27.7 Å². The van der Waals surface area contributed by atoms with Gasteiger partial charge in [0.25, 0.3) is 5.91 Å². The van der Waals surface area contributed by atoms with Gasteiger partial charge in [0.15, 0.2) is 6.61 Å². The predicted molar refractivity (Wildman–Crippen MR) is 107 cm³/mol. The first-order valence-corrected chi connectivity index (χ1v) is 9.99.